The minimum absolute atomic E-state index is 0.0629. The number of esters is 1. The first-order valence-electron chi connectivity index (χ1n) is 10.5. The number of hydrogen-bond donors (Lipinski definition) is 0. The van der Waals surface area contributed by atoms with Crippen molar-refractivity contribution in [1.29, 1.82) is 0 Å². The van der Waals surface area contributed by atoms with Crippen LogP contribution in [0.1, 0.15) is 25.3 Å². The summed E-state index contributed by atoms with van der Waals surface area (Å²) in [5.74, 6) is -0.704. The first kappa shape index (κ1) is 23.8. The highest BCUT2D eigenvalue weighted by atomic mass is 32.2. The van der Waals surface area contributed by atoms with Gasteiger partial charge in [-0.25, -0.2) is 0 Å². The molecular weight excluding hydrogens is 436 g/mol. The Morgan fingerprint density at radius 1 is 1.16 bits per heavy atom. The minimum Gasteiger partial charge on any atom is -0.484 e. The molecule has 3 amide bonds. The van der Waals surface area contributed by atoms with Gasteiger partial charge >= 0.3 is 5.97 Å². The molecule has 2 heterocycles. The van der Waals surface area contributed by atoms with Gasteiger partial charge in [0.2, 0.25) is 0 Å². The number of unbranched alkanes of at least 4 members (excludes halogenated alkanes) is 1. The molecule has 10 heteroatoms. The van der Waals surface area contributed by atoms with Crippen molar-refractivity contribution >= 4 is 40.9 Å². The fourth-order valence-electron chi connectivity index (χ4n) is 3.00. The lowest BCUT2D eigenvalue weighted by Crippen LogP contribution is -2.42. The molecule has 1 aromatic carbocycles. The molecular formula is C22H26N2O7S. The summed E-state index contributed by atoms with van der Waals surface area (Å²) in [5, 5.41) is -0.504. The number of benzene rings is 1. The van der Waals surface area contributed by atoms with Crippen LogP contribution in [0.25, 0.3) is 6.08 Å². The Bertz CT molecular complexity index is 879. The van der Waals surface area contributed by atoms with Crippen LogP contribution in [0.2, 0.25) is 0 Å². The third kappa shape index (κ3) is 6.57. The van der Waals surface area contributed by atoms with E-state index in [1.165, 1.54) is 0 Å². The second kappa shape index (κ2) is 11.7. The molecule has 0 spiro atoms. The van der Waals surface area contributed by atoms with E-state index in [0.717, 1.165) is 29.5 Å². The molecule has 2 aliphatic heterocycles. The van der Waals surface area contributed by atoms with Gasteiger partial charge in [-0.2, -0.15) is 0 Å². The van der Waals surface area contributed by atoms with Crippen LogP contribution in [-0.4, -0.2) is 78.9 Å². The van der Waals surface area contributed by atoms with Gasteiger partial charge in [0.05, 0.1) is 24.7 Å². The third-order valence-corrected chi connectivity index (χ3v) is 5.73. The molecule has 32 heavy (non-hydrogen) atoms. The van der Waals surface area contributed by atoms with E-state index in [-0.39, 0.29) is 24.0 Å². The highest BCUT2D eigenvalue weighted by Gasteiger charge is 2.36. The van der Waals surface area contributed by atoms with Gasteiger partial charge in [0.1, 0.15) is 12.3 Å². The molecule has 2 fully saturated rings. The second-order valence-corrected chi connectivity index (χ2v) is 8.19. The molecule has 0 radical (unpaired) electrons. The van der Waals surface area contributed by atoms with Gasteiger partial charge in [0.25, 0.3) is 17.1 Å². The van der Waals surface area contributed by atoms with E-state index in [1.807, 2.05) is 6.92 Å². The van der Waals surface area contributed by atoms with E-state index >= 15 is 0 Å². The number of rotatable bonds is 9. The Labute approximate surface area is 190 Å². The number of thioether (sulfide) groups is 1. The number of morpholine rings is 1. The van der Waals surface area contributed by atoms with Gasteiger partial charge in [-0.15, -0.1) is 0 Å². The fraction of sp³-hybridized carbons (Fsp3) is 0.455. The largest absolute Gasteiger partial charge is 0.484 e. The third-order valence-electron chi connectivity index (χ3n) is 4.83. The number of nitrogens with zero attached hydrogens (tertiary/aromatic N) is 2. The summed E-state index contributed by atoms with van der Waals surface area (Å²) < 4.78 is 15.8. The molecule has 0 saturated carbocycles. The number of imide groups is 1. The van der Waals surface area contributed by atoms with Gasteiger partial charge in [0.15, 0.2) is 6.61 Å². The molecule has 0 atom stereocenters. The van der Waals surface area contributed by atoms with E-state index in [2.05, 4.69) is 0 Å². The van der Waals surface area contributed by atoms with E-state index in [9.17, 15) is 19.2 Å². The fourth-order valence-corrected chi connectivity index (χ4v) is 3.84. The Balaban J connectivity index is 1.52. The van der Waals surface area contributed by atoms with E-state index in [0.29, 0.717) is 37.6 Å². The zero-order chi connectivity index (χ0) is 22.9. The van der Waals surface area contributed by atoms with Crippen LogP contribution < -0.4 is 4.74 Å². The minimum atomic E-state index is -0.602. The van der Waals surface area contributed by atoms with Gasteiger partial charge in [-0.05, 0) is 42.0 Å². The average molecular weight is 463 g/mol. The number of hydrogen-bond acceptors (Lipinski definition) is 8. The van der Waals surface area contributed by atoms with Gasteiger partial charge < -0.3 is 19.1 Å². The Kier molecular flexibility index (Phi) is 8.69. The van der Waals surface area contributed by atoms with E-state index in [4.69, 9.17) is 14.2 Å². The van der Waals surface area contributed by atoms with Crippen LogP contribution in [0.4, 0.5) is 4.79 Å². The summed E-state index contributed by atoms with van der Waals surface area (Å²) in [5.41, 5.74) is 0.688. The Morgan fingerprint density at radius 3 is 2.56 bits per heavy atom. The highest BCUT2D eigenvalue weighted by Crippen LogP contribution is 2.32. The molecule has 0 N–H and O–H groups in total. The SMILES string of the molecule is CCCCOC(=O)CN1C(=O)S/C(=C/c2ccc(OCC(=O)N3CCOCC3)cc2)C1=O. The number of carbonyl (C=O) groups is 4. The van der Waals surface area contributed by atoms with Gasteiger partial charge in [-0.1, -0.05) is 25.5 Å². The van der Waals surface area contributed by atoms with Crippen molar-refractivity contribution in [2.45, 2.75) is 19.8 Å². The van der Waals surface area contributed by atoms with Crippen molar-refractivity contribution in [1.82, 2.24) is 9.80 Å². The maximum atomic E-state index is 12.5. The molecule has 0 aliphatic carbocycles. The van der Waals surface area contributed by atoms with Crippen LogP contribution in [-0.2, 0) is 23.9 Å². The maximum Gasteiger partial charge on any atom is 0.326 e. The topological polar surface area (TPSA) is 102 Å². The summed E-state index contributed by atoms with van der Waals surface area (Å²) >= 11 is 0.780. The molecule has 1 aromatic rings. The molecule has 2 saturated heterocycles. The van der Waals surface area contributed by atoms with Gasteiger partial charge in [0, 0.05) is 13.1 Å². The summed E-state index contributed by atoms with van der Waals surface area (Å²) in [7, 11) is 0. The van der Waals surface area contributed by atoms with Gasteiger partial charge in [-0.3, -0.25) is 24.1 Å². The Morgan fingerprint density at radius 2 is 1.88 bits per heavy atom. The quantitative estimate of drug-likeness (QED) is 0.313. The van der Waals surface area contributed by atoms with E-state index < -0.39 is 23.7 Å². The zero-order valence-corrected chi connectivity index (χ0v) is 18.7. The summed E-state index contributed by atoms with van der Waals surface area (Å²) in [6, 6.07) is 6.82. The number of amides is 3. The smallest absolute Gasteiger partial charge is 0.326 e. The van der Waals surface area contributed by atoms with Crippen molar-refractivity contribution in [3.63, 3.8) is 0 Å². The summed E-state index contributed by atoms with van der Waals surface area (Å²) in [6.07, 6.45) is 3.19. The summed E-state index contributed by atoms with van der Waals surface area (Å²) in [4.78, 5) is 51.4. The Hall–Kier alpha value is -2.85. The predicted octanol–water partition coefficient (Wildman–Crippen LogP) is 2.30. The molecule has 0 aromatic heterocycles. The molecule has 2 aliphatic rings. The van der Waals surface area contributed by atoms with Crippen LogP contribution in [0.3, 0.4) is 0 Å². The highest BCUT2D eigenvalue weighted by molar-refractivity contribution is 8.18. The molecule has 172 valence electrons. The lowest BCUT2D eigenvalue weighted by molar-refractivity contribution is -0.146. The van der Waals surface area contributed by atoms with Crippen molar-refractivity contribution < 1.29 is 33.4 Å². The van der Waals surface area contributed by atoms with Crippen LogP contribution in [0.5, 0.6) is 5.75 Å². The first-order valence-corrected chi connectivity index (χ1v) is 11.3. The molecule has 0 bridgehead atoms. The number of ether oxygens (including phenoxy) is 3. The molecule has 0 unspecified atom stereocenters. The van der Waals surface area contributed by atoms with Crippen LogP contribution in [0, 0.1) is 0 Å². The first-order chi connectivity index (χ1) is 15.5. The van der Waals surface area contributed by atoms with Crippen molar-refractivity contribution in [3.05, 3.63) is 34.7 Å². The van der Waals surface area contributed by atoms with Crippen molar-refractivity contribution in [2.24, 2.45) is 0 Å². The molecule has 3 rings (SSSR count). The zero-order valence-electron chi connectivity index (χ0n) is 17.9. The maximum absolute atomic E-state index is 12.5. The van der Waals surface area contributed by atoms with Crippen molar-refractivity contribution in [2.75, 3.05) is 46.1 Å². The van der Waals surface area contributed by atoms with Crippen LogP contribution >= 0.6 is 11.8 Å². The standard InChI is InChI=1S/C22H26N2O7S/c1-2-3-10-30-20(26)14-24-21(27)18(32-22(24)28)13-16-4-6-17(7-5-16)31-15-19(25)23-8-11-29-12-9-23/h4-7,13H,2-3,8-12,14-15H2,1H3/b18-13+. The number of carbonyl (C=O) groups excluding carboxylic acids is 4. The summed E-state index contributed by atoms with van der Waals surface area (Å²) in [6.45, 7) is 3.98. The average Bonchev–Trinajstić information content (AvgIpc) is 3.06. The van der Waals surface area contributed by atoms with Crippen molar-refractivity contribution in [3.8, 4) is 5.75 Å². The molecule has 9 nitrogen and oxygen atoms in total. The normalized spacial score (nSPS) is 17.7. The monoisotopic (exact) mass is 462 g/mol. The predicted molar refractivity (Wildman–Crippen MR) is 118 cm³/mol. The van der Waals surface area contributed by atoms with Crippen LogP contribution in [0.15, 0.2) is 29.2 Å². The van der Waals surface area contributed by atoms with E-state index in [1.54, 1.807) is 35.2 Å². The lowest BCUT2D eigenvalue weighted by Gasteiger charge is -2.26. The lowest BCUT2D eigenvalue weighted by atomic mass is 10.2. The second-order valence-electron chi connectivity index (χ2n) is 7.19.